The second-order valence-corrected chi connectivity index (χ2v) is 6.28. The Morgan fingerprint density at radius 3 is 2.52 bits per heavy atom. The van der Waals surface area contributed by atoms with Gasteiger partial charge in [0, 0.05) is 21.9 Å². The summed E-state index contributed by atoms with van der Waals surface area (Å²) in [6, 6.07) is 15.4. The van der Waals surface area contributed by atoms with Crippen molar-refractivity contribution >= 4 is 33.2 Å². The molecule has 0 atom stereocenters. The third kappa shape index (κ3) is 3.16. The highest BCUT2D eigenvalue weighted by Crippen LogP contribution is 2.29. The van der Waals surface area contributed by atoms with Crippen molar-refractivity contribution in [1.29, 1.82) is 0 Å². The third-order valence-electron chi connectivity index (χ3n) is 3.45. The number of rotatable bonds is 3. The smallest absolute Gasteiger partial charge is 0.146 e. The number of oxime groups is 1. The first-order valence-corrected chi connectivity index (χ1v) is 8.06. The molecule has 4 nitrogen and oxygen atoms in total. The summed E-state index contributed by atoms with van der Waals surface area (Å²) in [5, 5.41) is 12.9. The first-order valence-electron chi connectivity index (χ1n) is 6.89. The molecule has 116 valence electrons. The van der Waals surface area contributed by atoms with E-state index in [-0.39, 0.29) is 0 Å². The Morgan fingerprint density at radius 1 is 1.17 bits per heavy atom. The van der Waals surface area contributed by atoms with Crippen LogP contribution in [0.2, 0.25) is 5.02 Å². The van der Waals surface area contributed by atoms with Gasteiger partial charge in [0.1, 0.15) is 17.2 Å². The van der Waals surface area contributed by atoms with E-state index in [1.54, 1.807) is 6.92 Å². The molecule has 0 saturated carbocycles. The zero-order valence-electron chi connectivity index (χ0n) is 12.2. The van der Waals surface area contributed by atoms with Crippen molar-refractivity contribution in [2.24, 2.45) is 5.16 Å². The lowest BCUT2D eigenvalue weighted by atomic mass is 10.2. The van der Waals surface area contributed by atoms with Crippen molar-refractivity contribution in [3.63, 3.8) is 0 Å². The van der Waals surface area contributed by atoms with E-state index < -0.39 is 0 Å². The molecule has 0 unspecified atom stereocenters. The van der Waals surface area contributed by atoms with Crippen molar-refractivity contribution in [2.45, 2.75) is 6.92 Å². The summed E-state index contributed by atoms with van der Waals surface area (Å²) in [7, 11) is 0. The van der Waals surface area contributed by atoms with Crippen LogP contribution in [0.5, 0.6) is 0 Å². The van der Waals surface area contributed by atoms with Crippen molar-refractivity contribution in [2.75, 3.05) is 0 Å². The zero-order valence-corrected chi connectivity index (χ0v) is 14.6. The largest absolute Gasteiger partial charge is 0.411 e. The molecule has 0 bridgehead atoms. The van der Waals surface area contributed by atoms with Gasteiger partial charge in [-0.2, -0.15) is 0 Å². The van der Waals surface area contributed by atoms with Gasteiger partial charge in [-0.05, 0) is 43.3 Å². The topological polar surface area (TPSA) is 50.4 Å². The van der Waals surface area contributed by atoms with Crippen LogP contribution in [0.25, 0.3) is 17.1 Å². The predicted molar refractivity (Wildman–Crippen MR) is 95.7 cm³/mol. The van der Waals surface area contributed by atoms with Crippen LogP contribution in [0.15, 0.2) is 64.4 Å². The summed E-state index contributed by atoms with van der Waals surface area (Å²) in [6.45, 7) is 1.70. The number of hydrogen-bond acceptors (Lipinski definition) is 3. The van der Waals surface area contributed by atoms with Crippen LogP contribution in [0, 0.1) is 0 Å². The molecule has 1 N–H and O–H groups in total. The fourth-order valence-corrected chi connectivity index (χ4v) is 2.72. The normalized spacial score (nSPS) is 11.7. The minimum absolute atomic E-state index is 0.439. The lowest BCUT2D eigenvalue weighted by molar-refractivity contribution is 0.319. The molecule has 1 aromatic heterocycles. The molecule has 0 fully saturated rings. The summed E-state index contributed by atoms with van der Waals surface area (Å²) in [4.78, 5) is 4.59. The molecule has 0 aliphatic carbocycles. The van der Waals surface area contributed by atoms with Crippen molar-refractivity contribution in [1.82, 2.24) is 9.55 Å². The number of benzene rings is 2. The standard InChI is InChI=1S/C17H13BrClN3O/c1-11(21-23)16-10-22(13-8-6-12(18)7-9-13)17(20-16)14-4-2-3-5-15(14)19/h2-10,23H,1H3. The van der Waals surface area contributed by atoms with Crippen LogP contribution in [-0.2, 0) is 0 Å². The Morgan fingerprint density at radius 2 is 1.87 bits per heavy atom. The molecule has 0 aliphatic heterocycles. The van der Waals surface area contributed by atoms with Crippen LogP contribution >= 0.6 is 27.5 Å². The van der Waals surface area contributed by atoms with Gasteiger partial charge in [0.05, 0.1) is 5.02 Å². The average Bonchev–Trinajstić information content (AvgIpc) is 3.00. The van der Waals surface area contributed by atoms with Crippen molar-refractivity contribution in [3.8, 4) is 17.1 Å². The molecule has 6 heteroatoms. The number of aromatic nitrogens is 2. The molecule has 23 heavy (non-hydrogen) atoms. The Balaban J connectivity index is 2.23. The summed E-state index contributed by atoms with van der Waals surface area (Å²) >= 11 is 9.76. The van der Waals surface area contributed by atoms with E-state index in [0.717, 1.165) is 15.7 Å². The maximum absolute atomic E-state index is 9.03. The molecule has 3 aromatic rings. The number of imidazole rings is 1. The number of hydrogen-bond donors (Lipinski definition) is 1. The van der Waals surface area contributed by atoms with Crippen LogP contribution in [0.3, 0.4) is 0 Å². The molecule has 1 heterocycles. The van der Waals surface area contributed by atoms with Gasteiger partial charge in [-0.15, -0.1) is 0 Å². The third-order valence-corrected chi connectivity index (χ3v) is 4.30. The average molecular weight is 391 g/mol. The van der Waals surface area contributed by atoms with Gasteiger partial charge in [0.2, 0.25) is 0 Å². The molecular weight excluding hydrogens is 378 g/mol. The van der Waals surface area contributed by atoms with E-state index in [2.05, 4.69) is 26.1 Å². The zero-order chi connectivity index (χ0) is 16.4. The van der Waals surface area contributed by atoms with Crippen molar-refractivity contribution in [3.05, 3.63) is 69.9 Å². The van der Waals surface area contributed by atoms with Crippen LogP contribution in [-0.4, -0.2) is 20.5 Å². The molecule has 2 aromatic carbocycles. The second kappa shape index (κ2) is 6.56. The molecule has 0 saturated heterocycles. The highest BCUT2D eigenvalue weighted by molar-refractivity contribution is 9.10. The van der Waals surface area contributed by atoms with E-state index in [1.165, 1.54) is 0 Å². The Kier molecular flexibility index (Phi) is 4.50. The summed E-state index contributed by atoms with van der Waals surface area (Å²) in [6.07, 6.45) is 1.83. The fraction of sp³-hybridized carbons (Fsp3) is 0.0588. The molecule has 3 rings (SSSR count). The van der Waals surface area contributed by atoms with Gasteiger partial charge in [0.15, 0.2) is 0 Å². The van der Waals surface area contributed by atoms with Gasteiger partial charge < -0.3 is 5.21 Å². The molecule has 0 spiro atoms. The Bertz CT molecular complexity index is 872. The predicted octanol–water partition coefficient (Wildman–Crippen LogP) is 5.15. The summed E-state index contributed by atoms with van der Waals surface area (Å²) < 4.78 is 2.92. The lowest BCUT2D eigenvalue weighted by Gasteiger charge is -2.09. The van der Waals surface area contributed by atoms with Crippen LogP contribution < -0.4 is 0 Å². The molecular formula is C17H13BrClN3O. The van der Waals surface area contributed by atoms with Gasteiger partial charge in [0.25, 0.3) is 0 Å². The van der Waals surface area contributed by atoms with E-state index >= 15 is 0 Å². The highest BCUT2D eigenvalue weighted by Gasteiger charge is 2.15. The van der Waals surface area contributed by atoms with E-state index in [4.69, 9.17) is 16.8 Å². The number of nitrogens with zero attached hydrogens (tertiary/aromatic N) is 3. The monoisotopic (exact) mass is 389 g/mol. The fourth-order valence-electron chi connectivity index (χ4n) is 2.24. The number of halogens is 2. The van der Waals surface area contributed by atoms with Crippen LogP contribution in [0.1, 0.15) is 12.6 Å². The molecule has 0 aliphatic rings. The first-order chi connectivity index (χ1) is 11.1. The first kappa shape index (κ1) is 15.8. The minimum atomic E-state index is 0.439. The molecule has 0 radical (unpaired) electrons. The van der Waals surface area contributed by atoms with Gasteiger partial charge >= 0.3 is 0 Å². The minimum Gasteiger partial charge on any atom is -0.411 e. The SMILES string of the molecule is CC(=NO)c1cn(-c2ccc(Br)cc2)c(-c2ccccc2Cl)n1. The van der Waals surface area contributed by atoms with Gasteiger partial charge in [-0.25, -0.2) is 4.98 Å². The van der Waals surface area contributed by atoms with E-state index in [9.17, 15) is 0 Å². The van der Waals surface area contributed by atoms with E-state index in [0.29, 0.717) is 22.3 Å². The quantitative estimate of drug-likeness (QED) is 0.382. The lowest BCUT2D eigenvalue weighted by Crippen LogP contribution is -1.96. The Hall–Kier alpha value is -2.11. The van der Waals surface area contributed by atoms with Crippen LogP contribution in [0.4, 0.5) is 0 Å². The summed E-state index contributed by atoms with van der Waals surface area (Å²) in [5.74, 6) is 0.691. The maximum Gasteiger partial charge on any atom is 0.146 e. The maximum atomic E-state index is 9.03. The van der Waals surface area contributed by atoms with Crippen molar-refractivity contribution < 1.29 is 5.21 Å². The van der Waals surface area contributed by atoms with Gasteiger partial charge in [-0.3, -0.25) is 4.57 Å². The van der Waals surface area contributed by atoms with E-state index in [1.807, 2.05) is 59.3 Å². The summed E-state index contributed by atoms with van der Waals surface area (Å²) in [5.41, 5.74) is 2.78. The highest BCUT2D eigenvalue weighted by atomic mass is 79.9. The second-order valence-electron chi connectivity index (χ2n) is 4.96. The molecule has 0 amide bonds. The van der Waals surface area contributed by atoms with Gasteiger partial charge in [-0.1, -0.05) is 44.8 Å². The Labute approximate surface area is 147 Å².